The summed E-state index contributed by atoms with van der Waals surface area (Å²) < 4.78 is 5.42. The summed E-state index contributed by atoms with van der Waals surface area (Å²) in [4.78, 5) is 4.47. The van der Waals surface area contributed by atoms with Crippen molar-refractivity contribution in [3.63, 3.8) is 0 Å². The van der Waals surface area contributed by atoms with Crippen molar-refractivity contribution >= 4 is 28.2 Å². The molecule has 0 radical (unpaired) electrons. The van der Waals surface area contributed by atoms with Gasteiger partial charge in [-0.15, -0.1) is 0 Å². The van der Waals surface area contributed by atoms with E-state index in [2.05, 4.69) is 10.3 Å². The lowest BCUT2D eigenvalue weighted by atomic mass is 9.92. The monoisotopic (exact) mass is 290 g/mol. The number of ether oxygens (including phenoxy) is 1. The predicted octanol–water partition coefficient (Wildman–Crippen LogP) is 4.26. The van der Waals surface area contributed by atoms with E-state index in [0.717, 1.165) is 47.3 Å². The Morgan fingerprint density at radius 3 is 2.80 bits per heavy atom. The Bertz CT molecular complexity index is 594. The van der Waals surface area contributed by atoms with Gasteiger partial charge in [-0.05, 0) is 43.9 Å². The maximum absolute atomic E-state index is 6.20. The van der Waals surface area contributed by atoms with E-state index >= 15 is 0 Å². The van der Waals surface area contributed by atoms with Gasteiger partial charge in [0.05, 0.1) is 17.3 Å². The molecule has 2 aromatic rings. The summed E-state index contributed by atoms with van der Waals surface area (Å²) in [5, 5.41) is 5.43. The third kappa shape index (κ3) is 2.89. The molecule has 1 N–H and O–H groups in total. The van der Waals surface area contributed by atoms with E-state index in [1.54, 1.807) is 7.11 Å². The maximum atomic E-state index is 6.20. The van der Waals surface area contributed by atoms with E-state index in [1.807, 2.05) is 30.5 Å². The molecule has 0 aliphatic heterocycles. The van der Waals surface area contributed by atoms with Gasteiger partial charge in [-0.2, -0.15) is 0 Å². The van der Waals surface area contributed by atoms with Crippen molar-refractivity contribution in [3.05, 3.63) is 35.5 Å². The first-order valence-electron chi connectivity index (χ1n) is 7.10. The van der Waals surface area contributed by atoms with E-state index in [9.17, 15) is 0 Å². The first-order chi connectivity index (χ1) is 9.76. The van der Waals surface area contributed by atoms with Gasteiger partial charge in [0.25, 0.3) is 0 Å². The summed E-state index contributed by atoms with van der Waals surface area (Å²) in [6, 6.07) is 8.38. The predicted molar refractivity (Wildman–Crippen MR) is 83.4 cm³/mol. The molecule has 1 aromatic heterocycles. The Hall–Kier alpha value is -1.32. The number of methoxy groups -OCH3 is 1. The van der Waals surface area contributed by atoms with Crippen LogP contribution in [0.1, 0.15) is 25.7 Å². The number of pyridine rings is 1. The molecule has 1 aromatic carbocycles. The number of nitrogens with zero attached hydrogens (tertiary/aromatic N) is 1. The smallest absolute Gasteiger partial charge is 0.0934 e. The molecule has 0 unspecified atom stereocenters. The van der Waals surface area contributed by atoms with Crippen LogP contribution in [0.15, 0.2) is 30.5 Å². The molecular weight excluding hydrogens is 272 g/mol. The summed E-state index contributed by atoms with van der Waals surface area (Å²) in [5.41, 5.74) is 2.03. The highest BCUT2D eigenvalue weighted by molar-refractivity contribution is 6.31. The number of fused-ring (bicyclic) bond motifs is 1. The number of hydrogen-bond acceptors (Lipinski definition) is 3. The molecule has 0 bridgehead atoms. The highest BCUT2D eigenvalue weighted by Gasteiger charge is 2.21. The lowest BCUT2D eigenvalue weighted by Crippen LogP contribution is -2.29. The number of halogens is 1. The van der Waals surface area contributed by atoms with Crippen LogP contribution >= 0.6 is 11.6 Å². The number of nitrogens with one attached hydrogen (secondary N) is 1. The molecule has 0 saturated heterocycles. The van der Waals surface area contributed by atoms with E-state index in [-0.39, 0.29) is 0 Å². The fourth-order valence-corrected chi connectivity index (χ4v) is 3.16. The first kappa shape index (κ1) is 13.7. The molecule has 0 spiro atoms. The molecule has 3 rings (SSSR count). The van der Waals surface area contributed by atoms with Gasteiger partial charge < -0.3 is 10.1 Å². The number of anilines is 1. The third-order valence-corrected chi connectivity index (χ3v) is 4.26. The fourth-order valence-electron chi connectivity index (χ4n) is 2.93. The number of aromatic nitrogens is 1. The second-order valence-electron chi connectivity index (χ2n) is 5.38. The molecule has 1 fully saturated rings. The molecule has 4 heteroatoms. The summed E-state index contributed by atoms with van der Waals surface area (Å²) in [7, 11) is 1.80. The van der Waals surface area contributed by atoms with Crippen molar-refractivity contribution in [2.45, 2.75) is 37.8 Å². The van der Waals surface area contributed by atoms with E-state index < -0.39 is 0 Å². The third-order valence-electron chi connectivity index (χ3n) is 4.04. The quantitative estimate of drug-likeness (QED) is 0.917. The second-order valence-corrected chi connectivity index (χ2v) is 5.82. The van der Waals surface area contributed by atoms with Gasteiger partial charge in [0.2, 0.25) is 0 Å². The summed E-state index contributed by atoms with van der Waals surface area (Å²) >= 11 is 6.20. The van der Waals surface area contributed by atoms with Crippen molar-refractivity contribution in [2.24, 2.45) is 0 Å². The molecule has 1 aliphatic carbocycles. The molecule has 1 aliphatic rings. The van der Waals surface area contributed by atoms with Gasteiger partial charge >= 0.3 is 0 Å². The summed E-state index contributed by atoms with van der Waals surface area (Å²) in [6.07, 6.45) is 6.71. The van der Waals surface area contributed by atoms with Gasteiger partial charge in [0, 0.05) is 29.8 Å². The van der Waals surface area contributed by atoms with Crippen molar-refractivity contribution in [3.8, 4) is 0 Å². The average molecular weight is 291 g/mol. The standard InChI is InChI=1S/C16H19ClN2O/c1-20-14-6-4-13(5-7-14)19-15-10-12(17)9-11-3-2-8-18-16(11)15/h2-3,8-10,13-14,19H,4-7H2,1H3. The molecule has 20 heavy (non-hydrogen) atoms. The molecule has 1 saturated carbocycles. The van der Waals surface area contributed by atoms with Crippen LogP contribution < -0.4 is 5.32 Å². The minimum Gasteiger partial charge on any atom is -0.381 e. The second kappa shape index (κ2) is 5.98. The SMILES string of the molecule is COC1CCC(Nc2cc(Cl)cc3cccnc23)CC1. The van der Waals surface area contributed by atoms with E-state index in [0.29, 0.717) is 12.1 Å². The summed E-state index contributed by atoms with van der Waals surface area (Å²) in [5.74, 6) is 0. The molecule has 0 atom stereocenters. The van der Waals surface area contributed by atoms with Crippen LogP contribution in [-0.2, 0) is 4.74 Å². The van der Waals surface area contributed by atoms with E-state index in [1.165, 1.54) is 0 Å². The molecule has 1 heterocycles. The van der Waals surface area contributed by atoms with Gasteiger partial charge in [0.1, 0.15) is 0 Å². The first-order valence-corrected chi connectivity index (χ1v) is 7.47. The van der Waals surface area contributed by atoms with Crippen LogP contribution in [0, 0.1) is 0 Å². The van der Waals surface area contributed by atoms with Crippen LogP contribution in [0.5, 0.6) is 0 Å². The zero-order valence-electron chi connectivity index (χ0n) is 11.6. The zero-order chi connectivity index (χ0) is 13.9. The number of benzene rings is 1. The Morgan fingerprint density at radius 2 is 2.05 bits per heavy atom. The van der Waals surface area contributed by atoms with Gasteiger partial charge in [-0.1, -0.05) is 17.7 Å². The van der Waals surface area contributed by atoms with Crippen molar-refractivity contribution in [1.82, 2.24) is 4.98 Å². The average Bonchev–Trinajstić information content (AvgIpc) is 2.48. The minimum absolute atomic E-state index is 0.419. The van der Waals surface area contributed by atoms with Crippen LogP contribution in [-0.4, -0.2) is 24.2 Å². The van der Waals surface area contributed by atoms with Gasteiger partial charge in [-0.25, -0.2) is 0 Å². The fraction of sp³-hybridized carbons (Fsp3) is 0.438. The molecule has 0 amide bonds. The Balaban J connectivity index is 1.81. The molecular formula is C16H19ClN2O. The lowest BCUT2D eigenvalue weighted by Gasteiger charge is -2.29. The van der Waals surface area contributed by atoms with Crippen LogP contribution in [0.4, 0.5) is 5.69 Å². The van der Waals surface area contributed by atoms with Crippen LogP contribution in [0.25, 0.3) is 10.9 Å². The highest BCUT2D eigenvalue weighted by Crippen LogP contribution is 2.29. The van der Waals surface area contributed by atoms with Crippen molar-refractivity contribution in [2.75, 3.05) is 12.4 Å². The maximum Gasteiger partial charge on any atom is 0.0934 e. The Labute approximate surface area is 124 Å². The normalized spacial score (nSPS) is 22.9. The largest absolute Gasteiger partial charge is 0.381 e. The minimum atomic E-state index is 0.419. The highest BCUT2D eigenvalue weighted by atomic mass is 35.5. The zero-order valence-corrected chi connectivity index (χ0v) is 12.4. The Morgan fingerprint density at radius 1 is 1.25 bits per heavy atom. The van der Waals surface area contributed by atoms with Gasteiger partial charge in [-0.3, -0.25) is 4.98 Å². The van der Waals surface area contributed by atoms with Gasteiger partial charge in [0.15, 0.2) is 0 Å². The number of rotatable bonds is 3. The number of hydrogen-bond donors (Lipinski definition) is 1. The van der Waals surface area contributed by atoms with Crippen LogP contribution in [0.2, 0.25) is 5.02 Å². The van der Waals surface area contributed by atoms with Crippen LogP contribution in [0.3, 0.4) is 0 Å². The van der Waals surface area contributed by atoms with Crippen molar-refractivity contribution in [1.29, 1.82) is 0 Å². The lowest BCUT2D eigenvalue weighted by molar-refractivity contribution is 0.0682. The van der Waals surface area contributed by atoms with Crippen molar-refractivity contribution < 1.29 is 4.74 Å². The topological polar surface area (TPSA) is 34.1 Å². The summed E-state index contributed by atoms with van der Waals surface area (Å²) in [6.45, 7) is 0. The Kier molecular flexibility index (Phi) is 4.08. The molecule has 106 valence electrons. The molecule has 3 nitrogen and oxygen atoms in total. The van der Waals surface area contributed by atoms with E-state index in [4.69, 9.17) is 16.3 Å².